The van der Waals surface area contributed by atoms with E-state index in [1.807, 2.05) is 6.07 Å². The minimum absolute atomic E-state index is 0.0380. The van der Waals surface area contributed by atoms with Crippen LogP contribution >= 0.6 is 0 Å². The van der Waals surface area contributed by atoms with Gasteiger partial charge in [0.15, 0.2) is 15.5 Å². The van der Waals surface area contributed by atoms with Crippen LogP contribution in [-0.4, -0.2) is 69.2 Å². The van der Waals surface area contributed by atoms with Gasteiger partial charge in [0.25, 0.3) is 11.8 Å². The van der Waals surface area contributed by atoms with Gasteiger partial charge in [-0.05, 0) is 56.7 Å². The highest BCUT2D eigenvalue weighted by molar-refractivity contribution is 7.94. The Labute approximate surface area is 209 Å². The fourth-order valence-corrected chi connectivity index (χ4v) is 7.37. The molecule has 1 aromatic heterocycles. The second-order valence-electron chi connectivity index (χ2n) is 10.1. The first kappa shape index (κ1) is 24.5. The molecule has 10 nitrogen and oxygen atoms in total. The summed E-state index contributed by atoms with van der Waals surface area (Å²) in [4.78, 5) is 28.2. The number of hydrogen-bond donors (Lipinski definition) is 2. The van der Waals surface area contributed by atoms with Crippen LogP contribution in [0, 0.1) is 11.3 Å². The van der Waals surface area contributed by atoms with Gasteiger partial charge in [0.05, 0.1) is 34.3 Å². The summed E-state index contributed by atoms with van der Waals surface area (Å²) in [5, 5.41) is 25.9. The molecule has 2 amide bonds. The number of nitrogens with one attached hydrogen (secondary N) is 1. The lowest BCUT2D eigenvalue weighted by molar-refractivity contribution is 0.0717. The molecule has 36 heavy (non-hydrogen) atoms. The summed E-state index contributed by atoms with van der Waals surface area (Å²) in [6.45, 7) is 2.31. The first-order valence-electron chi connectivity index (χ1n) is 12.2. The number of benzene rings is 1. The zero-order valence-electron chi connectivity index (χ0n) is 20.1. The molecule has 0 saturated heterocycles. The Morgan fingerprint density at radius 2 is 2.00 bits per heavy atom. The second kappa shape index (κ2) is 9.01. The van der Waals surface area contributed by atoms with Crippen molar-refractivity contribution in [3.63, 3.8) is 0 Å². The van der Waals surface area contributed by atoms with Crippen LogP contribution < -0.4 is 5.32 Å². The van der Waals surface area contributed by atoms with E-state index in [-0.39, 0.29) is 42.2 Å². The molecule has 2 fully saturated rings. The summed E-state index contributed by atoms with van der Waals surface area (Å²) < 4.78 is 26.5. The number of nitrogens with zero attached hydrogens (tertiary/aromatic N) is 4. The standard InChI is InChI=1S/C25H29N5O5S/c1-16(31)14-30-22-20(21(28-30)23(32)27-13-18-4-2-17(12-26)3-5-18)8-11-29(24(22)33)15-25(9-10-25)36(34,35)19-6-7-19/h2-5,16,19,31H,6-11,13-15H2,1H3,(H,27,32). The highest BCUT2D eigenvalue weighted by atomic mass is 32.2. The number of aliphatic hydroxyl groups is 1. The number of nitriles is 1. The zero-order valence-corrected chi connectivity index (χ0v) is 20.9. The fraction of sp³-hybridized carbons (Fsp3) is 0.520. The molecule has 3 aliphatic rings. The molecule has 0 spiro atoms. The van der Waals surface area contributed by atoms with Crippen molar-refractivity contribution in [3.05, 3.63) is 52.3 Å². The molecule has 1 unspecified atom stereocenters. The number of hydrogen-bond acceptors (Lipinski definition) is 7. The maximum atomic E-state index is 13.5. The second-order valence-corrected chi connectivity index (χ2v) is 12.7. The Morgan fingerprint density at radius 1 is 1.31 bits per heavy atom. The van der Waals surface area contributed by atoms with Crippen LogP contribution in [0.2, 0.25) is 0 Å². The average molecular weight is 512 g/mol. The number of amides is 2. The third-order valence-corrected chi connectivity index (χ3v) is 10.3. The van der Waals surface area contributed by atoms with Crippen molar-refractivity contribution >= 4 is 21.7 Å². The molecule has 2 saturated carbocycles. The Kier molecular flexibility index (Phi) is 6.12. The molecule has 0 bridgehead atoms. The Hall–Kier alpha value is -3.23. The van der Waals surface area contributed by atoms with E-state index in [9.17, 15) is 23.1 Å². The van der Waals surface area contributed by atoms with Gasteiger partial charge in [-0.25, -0.2) is 8.42 Å². The van der Waals surface area contributed by atoms with Crippen LogP contribution in [0.4, 0.5) is 0 Å². The van der Waals surface area contributed by atoms with Crippen molar-refractivity contribution in [1.82, 2.24) is 20.0 Å². The van der Waals surface area contributed by atoms with Crippen molar-refractivity contribution < 1.29 is 23.1 Å². The molecule has 5 rings (SSSR count). The molecule has 1 aromatic carbocycles. The zero-order chi connectivity index (χ0) is 25.7. The van der Waals surface area contributed by atoms with E-state index in [4.69, 9.17) is 5.26 Å². The highest BCUT2D eigenvalue weighted by Crippen LogP contribution is 2.50. The van der Waals surface area contributed by atoms with Crippen molar-refractivity contribution in [3.8, 4) is 6.07 Å². The molecule has 11 heteroatoms. The van der Waals surface area contributed by atoms with Crippen LogP contribution in [0.3, 0.4) is 0 Å². The lowest BCUT2D eigenvalue weighted by Gasteiger charge is -2.31. The van der Waals surface area contributed by atoms with E-state index in [0.717, 1.165) is 5.56 Å². The maximum Gasteiger partial charge on any atom is 0.272 e. The average Bonchev–Trinajstić information content (AvgIpc) is 3.77. The van der Waals surface area contributed by atoms with Crippen LogP contribution in [0.5, 0.6) is 0 Å². The number of sulfone groups is 1. The van der Waals surface area contributed by atoms with Gasteiger partial charge in [0, 0.05) is 25.2 Å². The third kappa shape index (κ3) is 4.40. The van der Waals surface area contributed by atoms with E-state index in [0.29, 0.717) is 49.8 Å². The van der Waals surface area contributed by atoms with E-state index < -0.39 is 26.6 Å². The van der Waals surface area contributed by atoms with Crippen molar-refractivity contribution in [2.24, 2.45) is 0 Å². The summed E-state index contributed by atoms with van der Waals surface area (Å²) in [5.41, 5.74) is 2.24. The summed E-state index contributed by atoms with van der Waals surface area (Å²) in [7, 11) is -3.27. The third-order valence-electron chi connectivity index (χ3n) is 7.21. The van der Waals surface area contributed by atoms with Crippen LogP contribution in [0.25, 0.3) is 0 Å². The molecule has 2 heterocycles. The molecule has 1 atom stereocenters. The number of fused-ring (bicyclic) bond motifs is 1. The number of aromatic nitrogens is 2. The number of carbonyl (C=O) groups excluding carboxylic acids is 2. The van der Waals surface area contributed by atoms with E-state index in [1.54, 1.807) is 36.1 Å². The monoisotopic (exact) mass is 511 g/mol. The summed E-state index contributed by atoms with van der Waals surface area (Å²) in [6, 6.07) is 8.90. The minimum atomic E-state index is -3.27. The smallest absolute Gasteiger partial charge is 0.272 e. The quantitative estimate of drug-likeness (QED) is 0.514. The van der Waals surface area contributed by atoms with Crippen LogP contribution in [0.1, 0.15) is 70.3 Å². The molecule has 0 radical (unpaired) electrons. The predicted molar refractivity (Wildman–Crippen MR) is 130 cm³/mol. The summed E-state index contributed by atoms with van der Waals surface area (Å²) in [5.74, 6) is -0.788. The predicted octanol–water partition coefficient (Wildman–Crippen LogP) is 1.17. The maximum absolute atomic E-state index is 13.5. The van der Waals surface area contributed by atoms with Crippen LogP contribution in [-0.2, 0) is 29.3 Å². The largest absolute Gasteiger partial charge is 0.391 e. The minimum Gasteiger partial charge on any atom is -0.391 e. The van der Waals surface area contributed by atoms with Gasteiger partial charge in [-0.15, -0.1) is 0 Å². The Bertz CT molecular complexity index is 1350. The number of rotatable bonds is 9. The molecule has 190 valence electrons. The Morgan fingerprint density at radius 3 is 2.58 bits per heavy atom. The lowest BCUT2D eigenvalue weighted by Crippen LogP contribution is -2.47. The molecule has 2 N–H and O–H groups in total. The molecular weight excluding hydrogens is 482 g/mol. The van der Waals surface area contributed by atoms with E-state index in [1.165, 1.54) is 4.68 Å². The van der Waals surface area contributed by atoms with E-state index in [2.05, 4.69) is 10.4 Å². The van der Waals surface area contributed by atoms with Gasteiger partial charge >= 0.3 is 0 Å². The number of aliphatic hydroxyl groups excluding tert-OH is 1. The highest BCUT2D eigenvalue weighted by Gasteiger charge is 2.60. The lowest BCUT2D eigenvalue weighted by atomic mass is 10.0. The molecule has 2 aromatic rings. The van der Waals surface area contributed by atoms with Gasteiger partial charge in [-0.1, -0.05) is 12.1 Å². The van der Waals surface area contributed by atoms with E-state index >= 15 is 0 Å². The van der Waals surface area contributed by atoms with Gasteiger partial charge in [-0.3, -0.25) is 14.3 Å². The SMILES string of the molecule is CC(O)Cn1nc(C(=O)NCc2ccc(C#N)cc2)c2c1C(=O)N(CC1(S(=O)(=O)C3CC3)CC1)CC2. The van der Waals surface area contributed by atoms with Crippen molar-refractivity contribution in [1.29, 1.82) is 5.26 Å². The first-order valence-corrected chi connectivity index (χ1v) is 13.8. The van der Waals surface area contributed by atoms with Crippen molar-refractivity contribution in [2.45, 2.75) is 68.2 Å². The molecular formula is C25H29N5O5S. The normalized spacial score (nSPS) is 19.4. The number of carbonyl (C=O) groups is 2. The molecule has 2 aliphatic carbocycles. The Balaban J connectivity index is 1.36. The van der Waals surface area contributed by atoms with Gasteiger partial charge < -0.3 is 15.3 Å². The van der Waals surface area contributed by atoms with Gasteiger partial charge in [0.1, 0.15) is 5.69 Å². The van der Waals surface area contributed by atoms with Crippen LogP contribution in [0.15, 0.2) is 24.3 Å². The fourth-order valence-electron chi connectivity index (χ4n) is 4.90. The van der Waals surface area contributed by atoms with Gasteiger partial charge in [-0.2, -0.15) is 10.4 Å². The summed E-state index contributed by atoms with van der Waals surface area (Å²) in [6.07, 6.45) is 2.11. The molecule has 1 aliphatic heterocycles. The van der Waals surface area contributed by atoms with Gasteiger partial charge in [0.2, 0.25) is 0 Å². The topological polar surface area (TPSA) is 145 Å². The summed E-state index contributed by atoms with van der Waals surface area (Å²) >= 11 is 0. The first-order chi connectivity index (χ1) is 17.1. The van der Waals surface area contributed by atoms with Crippen molar-refractivity contribution in [2.75, 3.05) is 13.1 Å².